The fourth-order valence-electron chi connectivity index (χ4n) is 1.87. The zero-order chi connectivity index (χ0) is 14.1. The van der Waals surface area contributed by atoms with Crippen molar-refractivity contribution < 1.29 is 4.79 Å². The van der Waals surface area contributed by atoms with Crippen LogP contribution in [0.4, 0.5) is 0 Å². The van der Waals surface area contributed by atoms with Crippen LogP contribution in [0.3, 0.4) is 0 Å². The van der Waals surface area contributed by atoms with Crippen LogP contribution in [0.15, 0.2) is 0 Å². The number of carbonyl (C=O) groups excluding carboxylic acids is 1. The van der Waals surface area contributed by atoms with Gasteiger partial charge >= 0.3 is 0 Å². The quantitative estimate of drug-likeness (QED) is 0.636. The fourth-order valence-corrected chi connectivity index (χ4v) is 1.87. The Hall–Kier alpha value is -0.650. The molecule has 0 aliphatic carbocycles. The van der Waals surface area contributed by atoms with E-state index in [-0.39, 0.29) is 11.9 Å². The summed E-state index contributed by atoms with van der Waals surface area (Å²) in [6.07, 6.45) is 0.516. The Labute approximate surface area is 112 Å². The first-order chi connectivity index (χ1) is 8.46. The lowest BCUT2D eigenvalue weighted by Crippen LogP contribution is -2.45. The van der Waals surface area contributed by atoms with E-state index >= 15 is 0 Å². The van der Waals surface area contributed by atoms with Crippen LogP contribution in [0.25, 0.3) is 0 Å². The van der Waals surface area contributed by atoms with E-state index < -0.39 is 0 Å². The predicted octanol–water partition coefficient (Wildman–Crippen LogP) is 0.0656. The van der Waals surface area contributed by atoms with Gasteiger partial charge in [-0.25, -0.2) is 0 Å². The Morgan fingerprint density at radius 1 is 1.11 bits per heavy atom. The molecule has 2 N–H and O–H groups in total. The topological polar surface area (TPSA) is 52.8 Å². The minimum Gasteiger partial charge on any atom is -0.343 e. The molecule has 0 spiro atoms. The van der Waals surface area contributed by atoms with Gasteiger partial charge in [0.2, 0.25) is 5.91 Å². The second kappa shape index (κ2) is 9.30. The van der Waals surface area contributed by atoms with Crippen molar-refractivity contribution in [3.8, 4) is 0 Å². The summed E-state index contributed by atoms with van der Waals surface area (Å²) in [6.45, 7) is 8.00. The van der Waals surface area contributed by atoms with Crippen LogP contribution in [-0.2, 0) is 4.79 Å². The smallest absolute Gasteiger partial charge is 0.224 e. The minimum atomic E-state index is 0.137. The average Bonchev–Trinajstić information content (AvgIpc) is 2.34. The van der Waals surface area contributed by atoms with Gasteiger partial charge in [0.25, 0.3) is 0 Å². The Morgan fingerprint density at radius 2 is 1.67 bits per heavy atom. The number of nitrogens with zero attached hydrogens (tertiary/aromatic N) is 3. The number of likely N-dealkylation sites (N-methyl/N-ethyl adjacent to an activating group) is 2. The van der Waals surface area contributed by atoms with E-state index in [1.807, 2.05) is 39.9 Å². The molecule has 0 aliphatic heterocycles. The summed E-state index contributed by atoms with van der Waals surface area (Å²) in [7, 11) is 6.13. The zero-order valence-corrected chi connectivity index (χ0v) is 12.6. The zero-order valence-electron chi connectivity index (χ0n) is 12.6. The van der Waals surface area contributed by atoms with Gasteiger partial charge in [-0.3, -0.25) is 4.79 Å². The van der Waals surface area contributed by atoms with Crippen molar-refractivity contribution in [3.05, 3.63) is 0 Å². The lowest BCUT2D eigenvalue weighted by molar-refractivity contribution is -0.132. The van der Waals surface area contributed by atoms with Gasteiger partial charge in [0, 0.05) is 45.2 Å². The Bertz CT molecular complexity index is 229. The van der Waals surface area contributed by atoms with Crippen molar-refractivity contribution in [3.63, 3.8) is 0 Å². The van der Waals surface area contributed by atoms with Gasteiger partial charge in [-0.1, -0.05) is 0 Å². The van der Waals surface area contributed by atoms with Crippen LogP contribution in [0.5, 0.6) is 0 Å². The van der Waals surface area contributed by atoms with Crippen LogP contribution in [0, 0.1) is 0 Å². The van der Waals surface area contributed by atoms with Gasteiger partial charge in [0.05, 0.1) is 0 Å². The third kappa shape index (κ3) is 6.33. The van der Waals surface area contributed by atoms with Gasteiger partial charge in [-0.2, -0.15) is 0 Å². The summed E-state index contributed by atoms with van der Waals surface area (Å²) in [5.41, 5.74) is 5.79. The molecule has 0 rings (SSSR count). The van der Waals surface area contributed by atoms with Crippen molar-refractivity contribution in [1.82, 2.24) is 14.7 Å². The van der Waals surface area contributed by atoms with E-state index in [0.29, 0.717) is 13.0 Å². The highest BCUT2D eigenvalue weighted by molar-refractivity contribution is 5.76. The number of hydrogen-bond acceptors (Lipinski definition) is 4. The summed E-state index contributed by atoms with van der Waals surface area (Å²) in [5, 5.41) is 0. The van der Waals surface area contributed by atoms with E-state index in [1.165, 1.54) is 0 Å². The van der Waals surface area contributed by atoms with E-state index in [4.69, 9.17) is 5.73 Å². The Kier molecular flexibility index (Phi) is 8.97. The Morgan fingerprint density at radius 3 is 2.06 bits per heavy atom. The van der Waals surface area contributed by atoms with Crippen molar-refractivity contribution in [2.75, 3.05) is 53.9 Å². The summed E-state index contributed by atoms with van der Waals surface area (Å²) in [5.74, 6) is 0.201. The lowest BCUT2D eigenvalue weighted by atomic mass is 10.1. The Balaban J connectivity index is 4.27. The fraction of sp³-hybridized carbons (Fsp3) is 0.923. The third-order valence-electron chi connectivity index (χ3n) is 3.32. The second-order valence-corrected chi connectivity index (χ2v) is 4.94. The molecule has 0 heterocycles. The van der Waals surface area contributed by atoms with Crippen molar-refractivity contribution in [1.29, 1.82) is 0 Å². The largest absolute Gasteiger partial charge is 0.343 e. The molecule has 0 aromatic rings. The molecular formula is C13H30N4O. The van der Waals surface area contributed by atoms with Gasteiger partial charge in [0.1, 0.15) is 0 Å². The number of rotatable bonds is 9. The third-order valence-corrected chi connectivity index (χ3v) is 3.32. The average molecular weight is 258 g/mol. The normalized spacial score (nSPS) is 13.1. The second-order valence-electron chi connectivity index (χ2n) is 4.94. The van der Waals surface area contributed by atoms with Crippen LogP contribution in [-0.4, -0.2) is 80.5 Å². The van der Waals surface area contributed by atoms with Crippen molar-refractivity contribution in [2.24, 2.45) is 5.73 Å². The summed E-state index contributed by atoms with van der Waals surface area (Å²) in [6, 6.07) is 0.137. The molecule has 108 valence electrons. The minimum absolute atomic E-state index is 0.137. The molecule has 18 heavy (non-hydrogen) atoms. The van der Waals surface area contributed by atoms with Crippen LogP contribution < -0.4 is 5.73 Å². The molecule has 1 atom stereocenters. The predicted molar refractivity (Wildman–Crippen MR) is 76.6 cm³/mol. The first-order valence-corrected chi connectivity index (χ1v) is 6.78. The molecule has 0 saturated carbocycles. The highest BCUT2D eigenvalue weighted by Crippen LogP contribution is 2.04. The highest BCUT2D eigenvalue weighted by atomic mass is 16.2. The van der Waals surface area contributed by atoms with Crippen LogP contribution >= 0.6 is 0 Å². The number of amides is 1. The number of nitrogens with two attached hydrogens (primary N) is 1. The number of hydrogen-bond donors (Lipinski definition) is 1. The summed E-state index contributed by atoms with van der Waals surface area (Å²) < 4.78 is 0. The van der Waals surface area contributed by atoms with Crippen LogP contribution in [0.1, 0.15) is 20.3 Å². The van der Waals surface area contributed by atoms with Gasteiger partial charge < -0.3 is 20.4 Å². The molecule has 0 saturated heterocycles. The first kappa shape index (κ1) is 17.4. The molecule has 5 heteroatoms. The molecule has 1 amide bonds. The number of carbonyl (C=O) groups is 1. The van der Waals surface area contributed by atoms with E-state index in [1.54, 1.807) is 0 Å². The van der Waals surface area contributed by atoms with Crippen LogP contribution in [0.2, 0.25) is 0 Å². The van der Waals surface area contributed by atoms with Crippen molar-refractivity contribution in [2.45, 2.75) is 26.3 Å². The highest BCUT2D eigenvalue weighted by Gasteiger charge is 2.19. The maximum absolute atomic E-state index is 12.1. The SMILES string of the molecule is CCN(CC)C(=O)CC(CN)N(C)CCN(C)C. The monoisotopic (exact) mass is 258 g/mol. The molecule has 0 bridgehead atoms. The van der Waals surface area contributed by atoms with Gasteiger partial charge in [-0.15, -0.1) is 0 Å². The molecule has 0 aromatic carbocycles. The molecule has 1 unspecified atom stereocenters. The van der Waals surface area contributed by atoms with Gasteiger partial charge in [-0.05, 0) is 35.0 Å². The molecule has 0 fully saturated rings. The first-order valence-electron chi connectivity index (χ1n) is 6.78. The molecule has 0 radical (unpaired) electrons. The van der Waals surface area contributed by atoms with E-state index in [2.05, 4.69) is 9.80 Å². The van der Waals surface area contributed by atoms with Gasteiger partial charge in [0.15, 0.2) is 0 Å². The van der Waals surface area contributed by atoms with E-state index in [9.17, 15) is 4.79 Å². The molecular weight excluding hydrogens is 228 g/mol. The summed E-state index contributed by atoms with van der Waals surface area (Å²) >= 11 is 0. The molecule has 0 aromatic heterocycles. The lowest BCUT2D eigenvalue weighted by Gasteiger charge is -2.29. The maximum Gasteiger partial charge on any atom is 0.224 e. The summed E-state index contributed by atoms with van der Waals surface area (Å²) in [4.78, 5) is 18.2. The molecule has 5 nitrogen and oxygen atoms in total. The van der Waals surface area contributed by atoms with E-state index in [0.717, 1.165) is 26.2 Å². The maximum atomic E-state index is 12.1. The van der Waals surface area contributed by atoms with Crippen molar-refractivity contribution >= 4 is 5.91 Å². The standard InChI is InChI=1S/C13H30N4O/c1-6-17(7-2)13(18)10-12(11-14)16(5)9-8-15(3)4/h12H,6-11,14H2,1-5H3. The molecule has 0 aliphatic rings.